The number of carbonyl (C=O) groups is 2. The third-order valence-corrected chi connectivity index (χ3v) is 23.2. The molecule has 7 aromatic carbocycles. The largest absolute Gasteiger partial charge is 0.289 e. The molecular weight excluding hydrogens is 1230 g/mol. The van der Waals surface area contributed by atoms with E-state index in [2.05, 4.69) is 171 Å². The quantitative estimate of drug-likeness (QED) is 0.0234. The maximum absolute atomic E-state index is 14.8. The van der Waals surface area contributed by atoms with Crippen LogP contribution in [0.1, 0.15) is 239 Å². The van der Waals surface area contributed by atoms with E-state index in [9.17, 15) is 20.1 Å². The number of fused-ring (bicyclic) bond motifs is 8. The van der Waals surface area contributed by atoms with Crippen molar-refractivity contribution in [2.45, 2.75) is 167 Å². The molecule has 2 heterocycles. The number of unbranched alkanes of at least 4 members (excludes halogenated alkanes) is 12. The molecule has 4 aliphatic carbocycles. The van der Waals surface area contributed by atoms with Crippen LogP contribution < -0.4 is 0 Å². The Morgan fingerprint density at radius 2 is 0.684 bits per heavy atom. The number of thiophene rings is 2. The van der Waals surface area contributed by atoms with Crippen LogP contribution in [0.3, 0.4) is 0 Å². The van der Waals surface area contributed by atoms with Crippen molar-refractivity contribution < 1.29 is 9.59 Å². The zero-order chi connectivity index (χ0) is 67.9. The summed E-state index contributed by atoms with van der Waals surface area (Å²) < 4.78 is 0. The molecule has 0 saturated carbocycles. The van der Waals surface area contributed by atoms with E-state index in [4.69, 9.17) is 13.1 Å². The SMILES string of the molecule is [C-]#[N+]C(C#N)=C1/C(=C/c2cc3c(s2)-c2cc4c(cc2C3(c2ccc(CCCCCC)cc2)c2ccc(CCCCCC)cc2)-c2sc(/C=C3\C(=O)c5ccccc5\C3=C(\C#N)[N+]#[C-])cc2C4(c2ccc(CCCCCC)cc2)c2ccc(CCCCCC)cc2)C(=O)c2ccccc21. The number of nitriles is 2. The third kappa shape index (κ3) is 12.0. The molecule has 8 heteroatoms. The van der Waals surface area contributed by atoms with Crippen LogP contribution in [0.4, 0.5) is 0 Å². The predicted molar refractivity (Wildman–Crippen MR) is 404 cm³/mol. The van der Waals surface area contributed by atoms with E-state index in [0.29, 0.717) is 44.5 Å². The number of Topliss-reactive ketones (excluding diaryl/α,β-unsaturated/α-hetero) is 2. The number of aryl methyl sites for hydroxylation is 4. The molecule has 2 aromatic heterocycles. The molecule has 0 atom stereocenters. The second-order valence-corrected chi connectivity index (χ2v) is 29.2. The Morgan fingerprint density at radius 3 is 0.959 bits per heavy atom. The second kappa shape index (κ2) is 29.5. The summed E-state index contributed by atoms with van der Waals surface area (Å²) in [6, 6.07) is 66.2. The molecule has 0 radical (unpaired) electrons. The lowest BCUT2D eigenvalue weighted by Gasteiger charge is -2.35. The number of nitrogens with zero attached hydrogens (tertiary/aromatic N) is 4. The normalized spacial score (nSPS) is 16.0. The Morgan fingerprint density at radius 1 is 0.388 bits per heavy atom. The monoisotopic (exact) mass is 1310 g/mol. The summed E-state index contributed by atoms with van der Waals surface area (Å²) in [5.74, 6) is -0.407. The molecule has 0 amide bonds. The first-order valence-electron chi connectivity index (χ1n) is 35.7. The van der Waals surface area contributed by atoms with E-state index in [1.54, 1.807) is 34.8 Å². The molecule has 0 unspecified atom stereocenters. The Hall–Kier alpha value is -9.80. The standard InChI is InChI=1S/C90H82N4O2S2/c1-7-11-15-19-27-59-35-43-63(44-36-59)89(64-45-37-60(38-46-64)28-20-16-12-8-2)77-55-74-78(56-73(77)87-79(89)53-67(97-87)51-75-83(81(57-91)93-5)69-31-23-25-33-71(69)85(75)95)90(65-47-39-61(40-48-65)29-21-17-13-9-3,66-49-41-62(42-50-66)30-22-18-14-10-4)80-54-68(98-88(74)80)52-76-84(82(58-92)94-6)70-32-24-26-34-72(70)86(76)96/h23-26,31-56H,7-22,27-30H2,1-4H3/b75-51-,76-52-,83-81+,84-82?. The average Bonchev–Trinajstić information content (AvgIpc) is 1.50. The minimum Gasteiger partial charge on any atom is -0.289 e. The highest BCUT2D eigenvalue weighted by Crippen LogP contribution is 2.66. The maximum Gasteiger partial charge on any atom is 0.270 e. The minimum absolute atomic E-state index is 0.109. The molecule has 0 bridgehead atoms. The molecule has 0 saturated heterocycles. The van der Waals surface area contributed by atoms with Gasteiger partial charge in [0.15, 0.2) is 11.6 Å². The van der Waals surface area contributed by atoms with Gasteiger partial charge in [-0.05, 0) is 177 Å². The van der Waals surface area contributed by atoms with Crippen LogP contribution in [-0.4, -0.2) is 11.6 Å². The summed E-state index contributed by atoms with van der Waals surface area (Å²) in [6.07, 6.45) is 26.5. The first-order chi connectivity index (χ1) is 48.1. The summed E-state index contributed by atoms with van der Waals surface area (Å²) in [4.78, 5) is 41.0. The number of hydrogen-bond donors (Lipinski definition) is 0. The van der Waals surface area contributed by atoms with Crippen LogP contribution in [0.5, 0.6) is 0 Å². The van der Waals surface area contributed by atoms with Gasteiger partial charge < -0.3 is 0 Å². The maximum atomic E-state index is 14.8. The lowest BCUT2D eigenvalue weighted by molar-refractivity contribution is 0.103. The van der Waals surface area contributed by atoms with Crippen LogP contribution in [0.2, 0.25) is 0 Å². The summed E-state index contributed by atoms with van der Waals surface area (Å²) in [6.45, 7) is 25.4. The number of rotatable bonds is 26. The van der Waals surface area contributed by atoms with Crippen molar-refractivity contribution in [3.8, 4) is 33.0 Å². The topological polar surface area (TPSA) is 90.4 Å². The lowest BCUT2D eigenvalue weighted by atomic mass is 9.65. The number of ketones is 2. The molecule has 486 valence electrons. The summed E-state index contributed by atoms with van der Waals surface area (Å²) in [5, 5.41) is 21.1. The molecule has 9 aromatic rings. The lowest BCUT2D eigenvalue weighted by Crippen LogP contribution is -2.30. The second-order valence-electron chi connectivity index (χ2n) is 27.0. The smallest absolute Gasteiger partial charge is 0.270 e. The predicted octanol–water partition coefficient (Wildman–Crippen LogP) is 23.9. The van der Waals surface area contributed by atoms with Crippen molar-refractivity contribution in [3.63, 3.8) is 0 Å². The van der Waals surface area contributed by atoms with E-state index >= 15 is 0 Å². The van der Waals surface area contributed by atoms with Crippen molar-refractivity contribution in [1.29, 1.82) is 10.5 Å². The Balaban J connectivity index is 1.11. The van der Waals surface area contributed by atoms with Gasteiger partial charge in [0, 0.05) is 52.9 Å². The highest BCUT2D eigenvalue weighted by atomic mass is 32.1. The number of benzene rings is 7. The Kier molecular flexibility index (Phi) is 20.1. The van der Waals surface area contributed by atoms with Crippen LogP contribution in [0, 0.1) is 35.8 Å². The van der Waals surface area contributed by atoms with Gasteiger partial charge in [-0.25, -0.2) is 20.2 Å². The van der Waals surface area contributed by atoms with Crippen molar-refractivity contribution in [3.05, 3.63) is 314 Å². The van der Waals surface area contributed by atoms with E-state index in [0.717, 1.165) is 127 Å². The van der Waals surface area contributed by atoms with E-state index in [-0.39, 0.29) is 23.0 Å². The first-order valence-corrected chi connectivity index (χ1v) is 37.3. The summed E-state index contributed by atoms with van der Waals surface area (Å²) in [5.41, 5.74) is 18.0. The fourth-order valence-corrected chi connectivity index (χ4v) is 18.4. The Bertz CT molecular complexity index is 4410. The van der Waals surface area contributed by atoms with Gasteiger partial charge in [-0.1, -0.05) is 250 Å². The number of allylic oxidation sites excluding steroid dienone is 6. The highest BCUT2D eigenvalue weighted by molar-refractivity contribution is 7.17. The van der Waals surface area contributed by atoms with Crippen molar-refractivity contribution in [1.82, 2.24) is 0 Å². The molecule has 0 spiro atoms. The zero-order valence-corrected chi connectivity index (χ0v) is 58.5. The van der Waals surface area contributed by atoms with Crippen LogP contribution in [0.25, 0.3) is 53.9 Å². The number of hydrogen-bond acceptors (Lipinski definition) is 6. The fraction of sp³-hybridized carbons (Fsp3) is 0.289. The average molecular weight is 1320 g/mol. The van der Waals surface area contributed by atoms with Gasteiger partial charge in [0.1, 0.15) is 0 Å². The van der Waals surface area contributed by atoms with Crippen LogP contribution in [-0.2, 0) is 36.5 Å². The van der Waals surface area contributed by atoms with E-state index in [1.165, 1.54) is 99.3 Å². The molecule has 0 N–H and O–H groups in total. The van der Waals surface area contributed by atoms with E-state index < -0.39 is 10.8 Å². The highest BCUT2D eigenvalue weighted by Gasteiger charge is 2.53. The molecule has 98 heavy (non-hydrogen) atoms. The molecular formula is C90H82N4O2S2. The van der Waals surface area contributed by atoms with Gasteiger partial charge in [-0.3, -0.25) is 9.59 Å². The molecule has 4 aliphatic rings. The van der Waals surface area contributed by atoms with Crippen molar-refractivity contribution >= 4 is 57.5 Å². The van der Waals surface area contributed by atoms with Gasteiger partial charge in [-0.15, -0.1) is 22.7 Å². The van der Waals surface area contributed by atoms with Gasteiger partial charge in [0.05, 0.1) is 36.1 Å². The molecule has 0 aliphatic heterocycles. The van der Waals surface area contributed by atoms with Crippen molar-refractivity contribution in [2.75, 3.05) is 0 Å². The van der Waals surface area contributed by atoms with Gasteiger partial charge in [0.25, 0.3) is 11.4 Å². The molecule has 13 rings (SSSR count). The van der Waals surface area contributed by atoms with Gasteiger partial charge >= 0.3 is 0 Å². The molecule has 0 fully saturated rings. The van der Waals surface area contributed by atoms with Gasteiger partial charge in [-0.2, -0.15) is 0 Å². The van der Waals surface area contributed by atoms with Crippen LogP contribution in [0.15, 0.2) is 192 Å². The van der Waals surface area contributed by atoms with Crippen LogP contribution >= 0.6 is 22.7 Å². The van der Waals surface area contributed by atoms with Gasteiger partial charge in [0.2, 0.25) is 0 Å². The Labute approximate surface area is 587 Å². The van der Waals surface area contributed by atoms with Crippen molar-refractivity contribution in [2.24, 2.45) is 0 Å². The summed E-state index contributed by atoms with van der Waals surface area (Å²) >= 11 is 3.33. The third-order valence-electron chi connectivity index (χ3n) is 21.0. The minimum atomic E-state index is -0.883. The fourth-order valence-electron chi connectivity index (χ4n) is 16.0. The summed E-state index contributed by atoms with van der Waals surface area (Å²) in [7, 11) is 0. The zero-order valence-electron chi connectivity index (χ0n) is 56.9. The van der Waals surface area contributed by atoms with E-state index in [1.807, 2.05) is 48.6 Å². The molecule has 6 nitrogen and oxygen atoms in total. The number of carbonyl (C=O) groups excluding carboxylic acids is 2. The first kappa shape index (κ1) is 66.8.